The first-order valence-corrected chi connectivity index (χ1v) is 15.0. The normalized spacial score (nSPS) is 12.4. The zero-order chi connectivity index (χ0) is 31.3. The zero-order valence-electron chi connectivity index (χ0n) is 23.9. The number of sulfonamides is 1. The maximum atomic E-state index is 13.8. The second kappa shape index (κ2) is 10.6. The Kier molecular flexibility index (Phi) is 6.89. The highest BCUT2D eigenvalue weighted by Crippen LogP contribution is 2.32. The van der Waals surface area contributed by atoms with Gasteiger partial charge in [0.25, 0.3) is 21.5 Å². The first-order valence-electron chi connectivity index (χ1n) is 13.6. The maximum Gasteiger partial charge on any atom is 0.296 e. The lowest BCUT2D eigenvalue weighted by Crippen LogP contribution is -2.32. The van der Waals surface area contributed by atoms with E-state index in [1.54, 1.807) is 73.3 Å². The summed E-state index contributed by atoms with van der Waals surface area (Å²) in [5, 5.41) is 2.68. The van der Waals surface area contributed by atoms with Crippen molar-refractivity contribution < 1.29 is 22.8 Å². The Labute approximate surface area is 252 Å². The van der Waals surface area contributed by atoms with Gasteiger partial charge in [-0.1, -0.05) is 60.7 Å². The Morgan fingerprint density at radius 3 is 2.09 bits per heavy atom. The number of benzene rings is 4. The molecule has 6 rings (SSSR count). The summed E-state index contributed by atoms with van der Waals surface area (Å²) in [6.07, 6.45) is 0. The summed E-state index contributed by atoms with van der Waals surface area (Å²) in [5.74, 6) is -1.41. The van der Waals surface area contributed by atoms with Gasteiger partial charge in [0.1, 0.15) is 5.69 Å². The molecule has 0 saturated carbocycles. The number of rotatable bonds is 6. The molecule has 220 valence electrons. The predicted molar refractivity (Wildman–Crippen MR) is 165 cm³/mol. The van der Waals surface area contributed by atoms with Crippen molar-refractivity contribution >= 4 is 38.9 Å². The van der Waals surface area contributed by atoms with E-state index in [0.717, 1.165) is 4.31 Å². The van der Waals surface area contributed by atoms with Gasteiger partial charge in [0.2, 0.25) is 0 Å². The van der Waals surface area contributed by atoms with Crippen LogP contribution in [0.5, 0.6) is 0 Å². The second-order valence-electron chi connectivity index (χ2n) is 10.3. The minimum Gasteiger partial charge on any atom is -0.321 e. The highest BCUT2D eigenvalue weighted by atomic mass is 32.2. The van der Waals surface area contributed by atoms with Gasteiger partial charge in [-0.3, -0.25) is 28.2 Å². The van der Waals surface area contributed by atoms with Crippen LogP contribution in [0.2, 0.25) is 0 Å². The van der Waals surface area contributed by atoms with Crippen molar-refractivity contribution in [2.24, 2.45) is 7.05 Å². The van der Waals surface area contributed by atoms with Crippen LogP contribution in [0.4, 0.5) is 11.4 Å². The fraction of sp³-hybridized carbons (Fsp3) is 0.0909. The fourth-order valence-electron chi connectivity index (χ4n) is 5.44. The molecule has 0 atom stereocenters. The number of aromatic nitrogens is 2. The van der Waals surface area contributed by atoms with Crippen molar-refractivity contribution in [1.29, 1.82) is 0 Å². The van der Waals surface area contributed by atoms with E-state index < -0.39 is 27.3 Å². The van der Waals surface area contributed by atoms with Crippen LogP contribution in [-0.4, -0.2) is 42.3 Å². The smallest absolute Gasteiger partial charge is 0.296 e. The van der Waals surface area contributed by atoms with Crippen LogP contribution in [0.15, 0.2) is 107 Å². The van der Waals surface area contributed by atoms with Gasteiger partial charge in [-0.25, -0.2) is 13.1 Å². The lowest BCUT2D eigenvalue weighted by atomic mass is 9.83. The molecule has 0 fully saturated rings. The number of para-hydroxylation sites is 1. The molecule has 0 radical (unpaired) electrons. The van der Waals surface area contributed by atoms with Crippen molar-refractivity contribution in [3.05, 3.63) is 141 Å². The van der Waals surface area contributed by atoms with E-state index >= 15 is 0 Å². The number of hydrogen-bond acceptors (Lipinski definition) is 6. The number of anilines is 2. The number of ketones is 2. The Morgan fingerprint density at radius 1 is 0.773 bits per heavy atom. The number of nitrogens with zero attached hydrogens (tertiary/aromatic N) is 3. The third-order valence-corrected chi connectivity index (χ3v) is 9.55. The van der Waals surface area contributed by atoms with Crippen LogP contribution in [0, 0.1) is 6.92 Å². The van der Waals surface area contributed by atoms with Gasteiger partial charge >= 0.3 is 0 Å². The van der Waals surface area contributed by atoms with Gasteiger partial charge in [-0.15, -0.1) is 0 Å². The molecule has 1 aromatic heterocycles. The summed E-state index contributed by atoms with van der Waals surface area (Å²) in [7, 11) is -1.33. The topological polar surface area (TPSA) is 128 Å². The first kappa shape index (κ1) is 28.6. The van der Waals surface area contributed by atoms with Crippen LogP contribution >= 0.6 is 0 Å². The molecule has 1 N–H and O–H groups in total. The quantitative estimate of drug-likeness (QED) is 0.301. The largest absolute Gasteiger partial charge is 0.321 e. The molecule has 44 heavy (non-hydrogen) atoms. The molecule has 10 nitrogen and oxygen atoms in total. The summed E-state index contributed by atoms with van der Waals surface area (Å²) < 4.78 is 31.4. The molecule has 4 aromatic carbocycles. The molecule has 1 amide bonds. The van der Waals surface area contributed by atoms with E-state index in [4.69, 9.17) is 0 Å². The molecule has 11 heteroatoms. The lowest BCUT2D eigenvalue weighted by molar-refractivity contribution is 0.0978. The molecular formula is C33H26N4O6S. The molecule has 0 aliphatic heterocycles. The Morgan fingerprint density at radius 2 is 1.39 bits per heavy atom. The summed E-state index contributed by atoms with van der Waals surface area (Å²) in [4.78, 5) is 53.1. The molecule has 0 bridgehead atoms. The SMILES string of the molecule is Cc1c(N(C)S(=O)(=O)c2cccc(C(=O)Nc3cccc4c3C(=O)c3ccccc3C4=O)c2)c(=O)n(-c2ccccc2)n1C. The number of hydrogen-bond donors (Lipinski definition) is 1. The second-order valence-corrected chi connectivity index (χ2v) is 12.3. The molecular weight excluding hydrogens is 580 g/mol. The van der Waals surface area contributed by atoms with E-state index in [1.165, 1.54) is 48.1 Å². The monoisotopic (exact) mass is 606 g/mol. The van der Waals surface area contributed by atoms with Gasteiger partial charge in [0.15, 0.2) is 11.6 Å². The Hall–Kier alpha value is -5.55. The van der Waals surface area contributed by atoms with E-state index in [1.807, 2.05) is 6.07 Å². The minimum absolute atomic E-state index is 0.00135. The lowest BCUT2D eigenvalue weighted by Gasteiger charge is -2.20. The van der Waals surface area contributed by atoms with E-state index in [2.05, 4.69) is 5.32 Å². The Balaban J connectivity index is 1.32. The number of carbonyl (C=O) groups is 3. The zero-order valence-corrected chi connectivity index (χ0v) is 24.8. The van der Waals surface area contributed by atoms with Crippen LogP contribution in [0.3, 0.4) is 0 Å². The van der Waals surface area contributed by atoms with E-state index in [9.17, 15) is 27.6 Å². The summed E-state index contributed by atoms with van der Waals surface area (Å²) in [6.45, 7) is 1.65. The molecule has 0 saturated heterocycles. The standard InChI is InChI=1S/C33H26N4O6S/c1-20-29(33(41)37(35(20)2)22-12-5-4-6-13-22)36(3)44(42,43)23-14-9-11-21(19-23)32(40)34-27-18-10-17-26-28(27)31(39)25-16-8-7-15-24(25)30(26)38/h4-19H,1-3H3,(H,34,40). The summed E-state index contributed by atoms with van der Waals surface area (Å²) in [5.41, 5.74) is 1.34. The van der Waals surface area contributed by atoms with Gasteiger partial charge in [0.05, 0.1) is 27.5 Å². The molecule has 0 spiro atoms. The number of amides is 1. The van der Waals surface area contributed by atoms with E-state index in [-0.39, 0.29) is 44.3 Å². The molecule has 1 aliphatic rings. The van der Waals surface area contributed by atoms with Crippen molar-refractivity contribution in [1.82, 2.24) is 9.36 Å². The van der Waals surface area contributed by atoms with Crippen molar-refractivity contribution in [3.63, 3.8) is 0 Å². The van der Waals surface area contributed by atoms with E-state index in [0.29, 0.717) is 16.9 Å². The highest BCUT2D eigenvalue weighted by Gasteiger charge is 2.32. The van der Waals surface area contributed by atoms with Crippen molar-refractivity contribution in [3.8, 4) is 5.69 Å². The minimum atomic E-state index is -4.29. The molecule has 0 unspecified atom stereocenters. The first-order chi connectivity index (χ1) is 21.0. The third kappa shape index (κ3) is 4.45. The number of fused-ring (bicyclic) bond motifs is 2. The van der Waals surface area contributed by atoms with Gasteiger partial charge in [-0.2, -0.15) is 0 Å². The van der Waals surface area contributed by atoms with Crippen LogP contribution in [-0.2, 0) is 17.1 Å². The fourth-order valence-corrected chi connectivity index (χ4v) is 6.73. The van der Waals surface area contributed by atoms with Gasteiger partial charge < -0.3 is 5.32 Å². The predicted octanol–water partition coefficient (Wildman–Crippen LogP) is 4.34. The van der Waals surface area contributed by atoms with Crippen LogP contribution in [0.25, 0.3) is 5.69 Å². The van der Waals surface area contributed by atoms with Gasteiger partial charge in [-0.05, 0) is 43.3 Å². The van der Waals surface area contributed by atoms with Crippen molar-refractivity contribution in [2.45, 2.75) is 11.8 Å². The molecule has 1 heterocycles. The third-order valence-electron chi connectivity index (χ3n) is 7.79. The van der Waals surface area contributed by atoms with Crippen LogP contribution in [0.1, 0.15) is 47.9 Å². The van der Waals surface area contributed by atoms with Gasteiger partial charge in [0, 0.05) is 36.3 Å². The highest BCUT2D eigenvalue weighted by molar-refractivity contribution is 7.92. The number of carbonyl (C=O) groups excluding carboxylic acids is 3. The summed E-state index contributed by atoms with van der Waals surface area (Å²) >= 11 is 0. The molecule has 1 aliphatic carbocycles. The maximum absolute atomic E-state index is 13.8. The number of nitrogens with one attached hydrogen (secondary N) is 1. The van der Waals surface area contributed by atoms with Crippen LogP contribution < -0.4 is 15.2 Å². The van der Waals surface area contributed by atoms with Crippen molar-refractivity contribution in [2.75, 3.05) is 16.7 Å². The average molecular weight is 607 g/mol. The molecule has 5 aromatic rings. The average Bonchev–Trinajstić information content (AvgIpc) is 3.26. The Bertz CT molecular complexity index is 2180. The summed E-state index contributed by atoms with van der Waals surface area (Å²) in [6, 6.07) is 25.3.